The standard InChI is InChI=1S/C10H9Cl2N3O/c11-7-2-1-3-8(10(7)12)15-6-9(16)14-5-4-13/h1-3,15H,5-6H2,(H,14,16). The molecule has 0 heterocycles. The molecule has 0 spiro atoms. The maximum atomic E-state index is 11.2. The van der Waals surface area contributed by atoms with Crippen molar-refractivity contribution in [2.75, 3.05) is 18.4 Å². The summed E-state index contributed by atoms with van der Waals surface area (Å²) in [6.07, 6.45) is 0. The van der Waals surface area contributed by atoms with E-state index < -0.39 is 0 Å². The van der Waals surface area contributed by atoms with Crippen molar-refractivity contribution in [3.63, 3.8) is 0 Å². The van der Waals surface area contributed by atoms with Crippen LogP contribution in [0.25, 0.3) is 0 Å². The lowest BCUT2D eigenvalue weighted by molar-refractivity contribution is -0.119. The first-order valence-electron chi connectivity index (χ1n) is 4.46. The quantitative estimate of drug-likeness (QED) is 0.812. The molecule has 0 aliphatic rings. The van der Waals surface area contributed by atoms with Gasteiger partial charge in [-0.2, -0.15) is 5.26 Å². The number of carbonyl (C=O) groups excluding carboxylic acids is 1. The third kappa shape index (κ3) is 3.61. The van der Waals surface area contributed by atoms with Crippen LogP contribution in [0.15, 0.2) is 18.2 Å². The van der Waals surface area contributed by atoms with Gasteiger partial charge in [-0.1, -0.05) is 29.3 Å². The van der Waals surface area contributed by atoms with Gasteiger partial charge in [-0.25, -0.2) is 0 Å². The van der Waals surface area contributed by atoms with Crippen molar-refractivity contribution in [1.29, 1.82) is 5.26 Å². The highest BCUT2D eigenvalue weighted by atomic mass is 35.5. The molecule has 0 radical (unpaired) electrons. The Morgan fingerprint density at radius 3 is 2.88 bits per heavy atom. The molecule has 0 aliphatic carbocycles. The second-order valence-corrected chi connectivity index (χ2v) is 3.67. The van der Waals surface area contributed by atoms with Gasteiger partial charge in [-0.3, -0.25) is 4.79 Å². The number of nitriles is 1. The summed E-state index contributed by atoms with van der Waals surface area (Å²) < 4.78 is 0. The minimum atomic E-state index is -0.280. The van der Waals surface area contributed by atoms with Crippen LogP contribution < -0.4 is 10.6 Å². The topological polar surface area (TPSA) is 64.9 Å². The predicted molar refractivity (Wildman–Crippen MR) is 63.6 cm³/mol. The van der Waals surface area contributed by atoms with E-state index in [4.69, 9.17) is 28.5 Å². The smallest absolute Gasteiger partial charge is 0.240 e. The minimum absolute atomic E-state index is 0.0101. The molecule has 0 saturated carbocycles. The fourth-order valence-electron chi connectivity index (χ4n) is 1.02. The maximum Gasteiger partial charge on any atom is 0.240 e. The summed E-state index contributed by atoms with van der Waals surface area (Å²) in [5.41, 5.74) is 0.585. The van der Waals surface area contributed by atoms with E-state index in [-0.39, 0.29) is 19.0 Å². The molecule has 0 unspecified atom stereocenters. The second kappa shape index (κ2) is 6.21. The molecule has 0 atom stereocenters. The Morgan fingerprint density at radius 2 is 2.19 bits per heavy atom. The zero-order chi connectivity index (χ0) is 12.0. The number of hydrogen-bond donors (Lipinski definition) is 2. The number of rotatable bonds is 4. The summed E-state index contributed by atoms with van der Waals surface area (Å²) >= 11 is 11.7. The van der Waals surface area contributed by atoms with Crippen LogP contribution in [-0.4, -0.2) is 19.0 Å². The molecule has 16 heavy (non-hydrogen) atoms. The first kappa shape index (κ1) is 12.6. The fraction of sp³-hybridized carbons (Fsp3) is 0.200. The second-order valence-electron chi connectivity index (χ2n) is 2.89. The first-order valence-corrected chi connectivity index (χ1v) is 5.22. The van der Waals surface area contributed by atoms with E-state index >= 15 is 0 Å². The Kier molecular flexibility index (Phi) is 4.90. The van der Waals surface area contributed by atoms with Gasteiger partial charge in [0, 0.05) is 0 Å². The SMILES string of the molecule is N#CCNC(=O)CNc1cccc(Cl)c1Cl. The van der Waals surface area contributed by atoms with Gasteiger partial charge in [-0.15, -0.1) is 0 Å². The molecule has 1 aromatic rings. The monoisotopic (exact) mass is 257 g/mol. The molecule has 6 heteroatoms. The lowest BCUT2D eigenvalue weighted by Gasteiger charge is -2.08. The lowest BCUT2D eigenvalue weighted by Crippen LogP contribution is -2.30. The van der Waals surface area contributed by atoms with Crippen molar-refractivity contribution in [3.05, 3.63) is 28.2 Å². The molecule has 1 rings (SSSR count). The van der Waals surface area contributed by atoms with Gasteiger partial charge in [0.15, 0.2) is 0 Å². The third-order valence-corrected chi connectivity index (χ3v) is 2.57. The van der Waals surface area contributed by atoms with Crippen LogP contribution in [0.3, 0.4) is 0 Å². The highest BCUT2D eigenvalue weighted by Gasteiger charge is 2.05. The molecule has 0 aromatic heterocycles. The summed E-state index contributed by atoms with van der Waals surface area (Å²) in [5.74, 6) is -0.280. The molecule has 1 amide bonds. The Hall–Kier alpha value is -1.44. The summed E-state index contributed by atoms with van der Waals surface area (Å²) in [4.78, 5) is 11.2. The van der Waals surface area contributed by atoms with E-state index in [0.717, 1.165) is 0 Å². The number of hydrogen-bond acceptors (Lipinski definition) is 3. The molecule has 0 saturated heterocycles. The maximum absolute atomic E-state index is 11.2. The summed E-state index contributed by atoms with van der Waals surface area (Å²) in [5, 5.41) is 14.3. The Bertz CT molecular complexity index is 429. The van der Waals surface area contributed by atoms with Crippen LogP contribution in [0.4, 0.5) is 5.69 Å². The number of nitrogens with one attached hydrogen (secondary N) is 2. The molecule has 0 bridgehead atoms. The van der Waals surface area contributed by atoms with Crippen LogP contribution >= 0.6 is 23.2 Å². The number of benzene rings is 1. The van der Waals surface area contributed by atoms with Gasteiger partial charge in [0.05, 0.1) is 28.3 Å². The average Bonchev–Trinajstić information content (AvgIpc) is 2.28. The van der Waals surface area contributed by atoms with Gasteiger partial charge in [0.2, 0.25) is 5.91 Å². The van der Waals surface area contributed by atoms with Crippen molar-refractivity contribution in [2.45, 2.75) is 0 Å². The van der Waals surface area contributed by atoms with E-state index in [9.17, 15) is 4.79 Å². The summed E-state index contributed by atoms with van der Waals surface area (Å²) in [7, 11) is 0. The van der Waals surface area contributed by atoms with Gasteiger partial charge in [0.1, 0.15) is 6.54 Å². The van der Waals surface area contributed by atoms with Crippen molar-refractivity contribution < 1.29 is 4.79 Å². The van der Waals surface area contributed by atoms with Crippen LogP contribution in [0.2, 0.25) is 10.0 Å². The number of nitrogens with zero attached hydrogens (tertiary/aromatic N) is 1. The van der Waals surface area contributed by atoms with Gasteiger partial charge in [-0.05, 0) is 12.1 Å². The molecular formula is C10H9Cl2N3O. The Balaban J connectivity index is 2.52. The van der Waals surface area contributed by atoms with Crippen LogP contribution in [-0.2, 0) is 4.79 Å². The largest absolute Gasteiger partial charge is 0.375 e. The van der Waals surface area contributed by atoms with Crippen LogP contribution in [0.5, 0.6) is 0 Å². The zero-order valence-electron chi connectivity index (χ0n) is 8.26. The average molecular weight is 258 g/mol. The summed E-state index contributed by atoms with van der Waals surface area (Å²) in [6.45, 7) is 0.0333. The number of amides is 1. The predicted octanol–water partition coefficient (Wildman–Crippen LogP) is 2.05. The molecule has 0 aliphatic heterocycles. The lowest BCUT2D eigenvalue weighted by atomic mass is 10.3. The molecule has 2 N–H and O–H groups in total. The molecule has 0 fully saturated rings. The normalized spacial score (nSPS) is 9.31. The number of halogens is 2. The van der Waals surface area contributed by atoms with E-state index in [1.807, 2.05) is 6.07 Å². The summed E-state index contributed by atoms with van der Waals surface area (Å²) in [6, 6.07) is 6.91. The van der Waals surface area contributed by atoms with E-state index in [2.05, 4.69) is 10.6 Å². The highest BCUT2D eigenvalue weighted by molar-refractivity contribution is 6.43. The fourth-order valence-corrected chi connectivity index (χ4v) is 1.38. The van der Waals surface area contributed by atoms with Crippen molar-refractivity contribution in [1.82, 2.24) is 5.32 Å². The van der Waals surface area contributed by atoms with E-state index in [0.29, 0.717) is 15.7 Å². The number of anilines is 1. The van der Waals surface area contributed by atoms with Crippen molar-refractivity contribution >= 4 is 34.8 Å². The first-order chi connectivity index (χ1) is 7.65. The van der Waals surface area contributed by atoms with Gasteiger partial charge in [0.25, 0.3) is 0 Å². The molecular weight excluding hydrogens is 249 g/mol. The molecule has 84 valence electrons. The van der Waals surface area contributed by atoms with Crippen LogP contribution in [0.1, 0.15) is 0 Å². The van der Waals surface area contributed by atoms with Crippen LogP contribution in [0, 0.1) is 11.3 Å². The van der Waals surface area contributed by atoms with Gasteiger partial charge < -0.3 is 10.6 Å². The van der Waals surface area contributed by atoms with Gasteiger partial charge >= 0.3 is 0 Å². The highest BCUT2D eigenvalue weighted by Crippen LogP contribution is 2.29. The zero-order valence-corrected chi connectivity index (χ0v) is 9.77. The third-order valence-electron chi connectivity index (χ3n) is 1.76. The van der Waals surface area contributed by atoms with E-state index in [1.165, 1.54) is 0 Å². The molecule has 4 nitrogen and oxygen atoms in total. The Morgan fingerprint density at radius 1 is 1.44 bits per heavy atom. The van der Waals surface area contributed by atoms with Crippen molar-refractivity contribution in [3.8, 4) is 6.07 Å². The number of carbonyl (C=O) groups is 1. The Labute approximate surface area is 103 Å². The van der Waals surface area contributed by atoms with Crippen molar-refractivity contribution in [2.24, 2.45) is 0 Å². The molecule has 1 aromatic carbocycles. The van der Waals surface area contributed by atoms with E-state index in [1.54, 1.807) is 18.2 Å². The minimum Gasteiger partial charge on any atom is -0.375 e.